The Kier molecular flexibility index (Phi) is 6.15. The van der Waals surface area contributed by atoms with Gasteiger partial charge in [-0.05, 0) is 31.7 Å². The predicted molar refractivity (Wildman–Crippen MR) is 91.3 cm³/mol. The van der Waals surface area contributed by atoms with E-state index in [2.05, 4.69) is 29.5 Å². The molecule has 5 heteroatoms. The molecule has 1 aromatic carbocycles. The van der Waals surface area contributed by atoms with Crippen LogP contribution in [0, 0.1) is 0 Å². The average Bonchev–Trinajstić information content (AvgIpc) is 2.85. The van der Waals surface area contributed by atoms with Gasteiger partial charge in [-0.3, -0.25) is 4.68 Å². The molecule has 2 aromatic rings. The van der Waals surface area contributed by atoms with Gasteiger partial charge in [0.15, 0.2) is 0 Å². The minimum absolute atomic E-state index is 0.395. The third-order valence-corrected chi connectivity index (χ3v) is 5.21. The molecule has 0 amide bonds. The number of halogens is 1. The van der Waals surface area contributed by atoms with Crippen molar-refractivity contribution in [2.75, 3.05) is 12.8 Å². The molecule has 1 N–H and O–H groups in total. The highest BCUT2D eigenvalue weighted by molar-refractivity contribution is 7.99. The van der Waals surface area contributed by atoms with Gasteiger partial charge in [-0.25, -0.2) is 0 Å². The molecule has 0 aliphatic rings. The molecule has 1 aromatic heterocycles. The minimum atomic E-state index is 0.395. The standard InChI is InChI=1S/C16H22ClN3S/c1-4-12-9-14(20(3)19-12)10-13(18-2)11-21-16-8-6-5-7-15(16)17/h5-9,13,18H,4,10-11H2,1-3H3. The summed E-state index contributed by atoms with van der Waals surface area (Å²) < 4.78 is 1.99. The maximum Gasteiger partial charge on any atom is 0.0624 e. The number of aromatic nitrogens is 2. The van der Waals surface area contributed by atoms with Crippen LogP contribution in [0.25, 0.3) is 0 Å². The molecule has 0 aliphatic heterocycles. The molecule has 114 valence electrons. The monoisotopic (exact) mass is 323 g/mol. The van der Waals surface area contributed by atoms with Gasteiger partial charge in [0.2, 0.25) is 0 Å². The van der Waals surface area contributed by atoms with Gasteiger partial charge in [-0.15, -0.1) is 11.8 Å². The summed E-state index contributed by atoms with van der Waals surface area (Å²) in [4.78, 5) is 1.14. The third-order valence-electron chi connectivity index (χ3n) is 3.53. The Hall–Kier alpha value is -0.970. The van der Waals surface area contributed by atoms with Crippen LogP contribution < -0.4 is 5.32 Å². The molecule has 0 bridgehead atoms. The van der Waals surface area contributed by atoms with Crippen LogP contribution in [0.4, 0.5) is 0 Å². The number of thioether (sulfide) groups is 1. The molecule has 0 aliphatic carbocycles. The molecular formula is C16H22ClN3S. The van der Waals surface area contributed by atoms with Crippen LogP contribution in [0.1, 0.15) is 18.3 Å². The van der Waals surface area contributed by atoms with Crippen LogP contribution in [0.3, 0.4) is 0 Å². The number of benzene rings is 1. The van der Waals surface area contributed by atoms with E-state index < -0.39 is 0 Å². The molecule has 3 nitrogen and oxygen atoms in total. The van der Waals surface area contributed by atoms with Gasteiger partial charge in [0, 0.05) is 35.9 Å². The average molecular weight is 324 g/mol. The molecule has 0 spiro atoms. The maximum absolute atomic E-state index is 6.20. The van der Waals surface area contributed by atoms with Gasteiger partial charge in [0.05, 0.1) is 10.7 Å². The van der Waals surface area contributed by atoms with Crippen LogP contribution in [0.15, 0.2) is 35.2 Å². The predicted octanol–water partition coefficient (Wildman–Crippen LogP) is 3.56. The second-order valence-corrected chi connectivity index (χ2v) is 6.50. The van der Waals surface area contributed by atoms with Crippen molar-refractivity contribution in [3.63, 3.8) is 0 Å². The molecule has 2 rings (SSSR count). The van der Waals surface area contributed by atoms with Crippen molar-refractivity contribution in [1.29, 1.82) is 0 Å². The fourth-order valence-corrected chi connectivity index (χ4v) is 3.53. The van der Waals surface area contributed by atoms with Crippen molar-refractivity contribution in [3.8, 4) is 0 Å². The van der Waals surface area contributed by atoms with E-state index in [0.29, 0.717) is 6.04 Å². The first-order valence-corrected chi connectivity index (χ1v) is 8.56. The van der Waals surface area contributed by atoms with E-state index in [4.69, 9.17) is 11.6 Å². The molecular weight excluding hydrogens is 302 g/mol. The van der Waals surface area contributed by atoms with E-state index in [9.17, 15) is 0 Å². The highest BCUT2D eigenvalue weighted by Crippen LogP contribution is 2.27. The van der Waals surface area contributed by atoms with Gasteiger partial charge >= 0.3 is 0 Å². The Balaban J connectivity index is 1.97. The summed E-state index contributed by atoms with van der Waals surface area (Å²) in [6.07, 6.45) is 1.95. The SMILES string of the molecule is CCc1cc(CC(CSc2ccccc2Cl)NC)n(C)n1. The lowest BCUT2D eigenvalue weighted by Crippen LogP contribution is -2.30. The molecule has 0 saturated heterocycles. The number of likely N-dealkylation sites (N-methyl/N-ethyl adjacent to an activating group) is 1. The summed E-state index contributed by atoms with van der Waals surface area (Å²) in [7, 11) is 4.03. The van der Waals surface area contributed by atoms with E-state index in [-0.39, 0.29) is 0 Å². The Bertz CT molecular complexity index is 583. The third kappa shape index (κ3) is 4.50. The Morgan fingerprint density at radius 3 is 2.76 bits per heavy atom. The molecule has 1 unspecified atom stereocenters. The summed E-state index contributed by atoms with van der Waals surface area (Å²) in [5, 5.41) is 8.72. The topological polar surface area (TPSA) is 29.9 Å². The van der Waals surface area contributed by atoms with Crippen LogP contribution in [-0.2, 0) is 19.9 Å². The number of nitrogens with zero attached hydrogens (tertiary/aromatic N) is 2. The smallest absolute Gasteiger partial charge is 0.0624 e. The maximum atomic E-state index is 6.20. The Labute approximate surface area is 136 Å². The number of hydrogen-bond donors (Lipinski definition) is 1. The fraction of sp³-hybridized carbons (Fsp3) is 0.438. The fourth-order valence-electron chi connectivity index (χ4n) is 2.18. The minimum Gasteiger partial charge on any atom is -0.316 e. The normalized spacial score (nSPS) is 12.6. The summed E-state index contributed by atoms with van der Waals surface area (Å²) in [6, 6.07) is 10.6. The second kappa shape index (κ2) is 7.87. The van der Waals surface area contributed by atoms with Gasteiger partial charge in [0.1, 0.15) is 0 Å². The lowest BCUT2D eigenvalue weighted by Gasteiger charge is -2.16. The first-order chi connectivity index (χ1) is 10.1. The molecule has 0 fully saturated rings. The molecule has 0 radical (unpaired) electrons. The van der Waals surface area contributed by atoms with Crippen molar-refractivity contribution >= 4 is 23.4 Å². The zero-order valence-corrected chi connectivity index (χ0v) is 14.3. The zero-order valence-electron chi connectivity index (χ0n) is 12.8. The Morgan fingerprint density at radius 2 is 2.14 bits per heavy atom. The van der Waals surface area contributed by atoms with Crippen molar-refractivity contribution in [1.82, 2.24) is 15.1 Å². The summed E-state index contributed by atoms with van der Waals surface area (Å²) in [5.74, 6) is 0.979. The summed E-state index contributed by atoms with van der Waals surface area (Å²) in [6.45, 7) is 2.13. The van der Waals surface area contributed by atoms with E-state index in [1.54, 1.807) is 11.8 Å². The van der Waals surface area contributed by atoms with E-state index in [1.807, 2.05) is 37.0 Å². The molecule has 1 heterocycles. The van der Waals surface area contributed by atoms with E-state index in [1.165, 1.54) is 5.69 Å². The zero-order chi connectivity index (χ0) is 15.2. The van der Waals surface area contributed by atoms with Gasteiger partial charge in [-0.2, -0.15) is 5.10 Å². The lowest BCUT2D eigenvalue weighted by atomic mass is 10.1. The molecule has 0 saturated carbocycles. The molecule has 1 atom stereocenters. The van der Waals surface area contributed by atoms with Crippen LogP contribution in [0.5, 0.6) is 0 Å². The van der Waals surface area contributed by atoms with Crippen molar-refractivity contribution in [2.24, 2.45) is 7.05 Å². The molecule has 21 heavy (non-hydrogen) atoms. The number of aryl methyl sites for hydroxylation is 2. The van der Waals surface area contributed by atoms with Gasteiger partial charge < -0.3 is 5.32 Å². The van der Waals surface area contributed by atoms with Crippen molar-refractivity contribution in [3.05, 3.63) is 46.7 Å². The second-order valence-electron chi connectivity index (χ2n) is 5.04. The van der Waals surface area contributed by atoms with E-state index in [0.717, 1.165) is 34.2 Å². The Morgan fingerprint density at radius 1 is 1.38 bits per heavy atom. The first-order valence-electron chi connectivity index (χ1n) is 7.20. The largest absolute Gasteiger partial charge is 0.316 e. The highest BCUT2D eigenvalue weighted by Gasteiger charge is 2.13. The number of hydrogen-bond acceptors (Lipinski definition) is 3. The summed E-state index contributed by atoms with van der Waals surface area (Å²) in [5.41, 5.74) is 2.42. The number of rotatable bonds is 7. The van der Waals surface area contributed by atoms with Crippen LogP contribution >= 0.6 is 23.4 Å². The lowest BCUT2D eigenvalue weighted by molar-refractivity contribution is 0.581. The van der Waals surface area contributed by atoms with E-state index >= 15 is 0 Å². The van der Waals surface area contributed by atoms with Crippen LogP contribution in [0.2, 0.25) is 5.02 Å². The number of nitrogens with one attached hydrogen (secondary N) is 1. The summed E-state index contributed by atoms with van der Waals surface area (Å²) >= 11 is 8.00. The van der Waals surface area contributed by atoms with Gasteiger partial charge in [-0.1, -0.05) is 30.7 Å². The van der Waals surface area contributed by atoms with Gasteiger partial charge in [0.25, 0.3) is 0 Å². The van der Waals surface area contributed by atoms with Crippen molar-refractivity contribution in [2.45, 2.75) is 30.7 Å². The van der Waals surface area contributed by atoms with Crippen LogP contribution in [-0.4, -0.2) is 28.6 Å². The highest BCUT2D eigenvalue weighted by atomic mass is 35.5. The van der Waals surface area contributed by atoms with Crippen molar-refractivity contribution < 1.29 is 0 Å². The quantitative estimate of drug-likeness (QED) is 0.790. The first kappa shape index (κ1) is 16.4.